The van der Waals surface area contributed by atoms with E-state index < -0.39 is 0 Å². The molecule has 2 nitrogen and oxygen atoms in total. The van der Waals surface area contributed by atoms with Crippen LogP contribution >= 0.6 is 0 Å². The zero-order valence-corrected chi connectivity index (χ0v) is 12.0. The molecule has 102 valence electrons. The average Bonchev–Trinajstić information content (AvgIpc) is 2.62. The summed E-state index contributed by atoms with van der Waals surface area (Å²) in [7, 11) is 0. The molecule has 1 unspecified atom stereocenters. The summed E-state index contributed by atoms with van der Waals surface area (Å²) in [5.74, 6) is 0. The summed E-state index contributed by atoms with van der Waals surface area (Å²) < 4.78 is 15.9. The number of quaternary nitrogens is 1. The van der Waals surface area contributed by atoms with Gasteiger partial charge in [0.05, 0.1) is 6.54 Å². The first-order chi connectivity index (χ1) is 7.79. The van der Waals surface area contributed by atoms with Gasteiger partial charge in [-0.25, -0.2) is 4.90 Å². The van der Waals surface area contributed by atoms with Crippen molar-refractivity contribution in [3.05, 3.63) is 0 Å². The third-order valence-electron chi connectivity index (χ3n) is 3.37. The van der Waals surface area contributed by atoms with Crippen LogP contribution in [0.1, 0.15) is 52.4 Å². The van der Waals surface area contributed by atoms with Gasteiger partial charge in [0.25, 0.3) is 0 Å². The summed E-state index contributed by atoms with van der Waals surface area (Å²) in [5, 5.41) is 0. The molecule has 0 amide bonds. The van der Waals surface area contributed by atoms with E-state index in [9.17, 15) is 4.39 Å². The van der Waals surface area contributed by atoms with Gasteiger partial charge in [-0.2, -0.15) is 0 Å². The second kappa shape index (κ2) is 9.84. The van der Waals surface area contributed by atoms with Crippen LogP contribution in [0.25, 0.3) is 0 Å². The van der Waals surface area contributed by atoms with Crippen LogP contribution in [0.5, 0.6) is 0 Å². The predicted molar refractivity (Wildman–Crippen MR) is 65.9 cm³/mol. The SMILES string of the molecule is CCCCC[N+]1=C(F)[NH+](CCCCC)CC1.[Cl-]. The van der Waals surface area contributed by atoms with E-state index in [0.29, 0.717) is 0 Å². The first-order valence-corrected chi connectivity index (χ1v) is 6.92. The van der Waals surface area contributed by atoms with Gasteiger partial charge in [0.2, 0.25) is 0 Å². The summed E-state index contributed by atoms with van der Waals surface area (Å²) in [6, 6.07) is 0. The van der Waals surface area contributed by atoms with Crippen molar-refractivity contribution in [1.29, 1.82) is 0 Å². The van der Waals surface area contributed by atoms with Gasteiger partial charge in [-0.05, 0) is 19.3 Å². The summed E-state index contributed by atoms with van der Waals surface area (Å²) in [4.78, 5) is 1.07. The Morgan fingerprint density at radius 2 is 1.76 bits per heavy atom. The Bertz CT molecular complexity index is 231. The quantitative estimate of drug-likeness (QED) is 0.314. The van der Waals surface area contributed by atoms with Crippen molar-refractivity contribution < 1.29 is 26.3 Å². The van der Waals surface area contributed by atoms with Gasteiger partial charge in [0.1, 0.15) is 6.54 Å². The van der Waals surface area contributed by atoms with Gasteiger partial charge in [-0.15, -0.1) is 4.58 Å². The van der Waals surface area contributed by atoms with E-state index in [0.717, 1.165) is 43.9 Å². The van der Waals surface area contributed by atoms with Crippen LogP contribution in [-0.2, 0) is 0 Å². The summed E-state index contributed by atoms with van der Waals surface area (Å²) in [6.45, 7) is 8.14. The maximum atomic E-state index is 13.9. The van der Waals surface area contributed by atoms with Crippen LogP contribution in [0, 0.1) is 0 Å². The van der Waals surface area contributed by atoms with Crippen LogP contribution in [-0.4, -0.2) is 36.8 Å². The first-order valence-electron chi connectivity index (χ1n) is 6.92. The molecule has 0 radical (unpaired) electrons. The second-order valence-electron chi connectivity index (χ2n) is 4.80. The lowest BCUT2D eigenvalue weighted by molar-refractivity contribution is -0.809. The molecule has 0 fully saturated rings. The molecule has 0 saturated heterocycles. The topological polar surface area (TPSA) is 7.45 Å². The van der Waals surface area contributed by atoms with Crippen LogP contribution in [0.4, 0.5) is 4.39 Å². The van der Waals surface area contributed by atoms with Gasteiger partial charge in [-0.3, -0.25) is 0 Å². The van der Waals surface area contributed by atoms with E-state index in [1.54, 1.807) is 0 Å². The average molecular weight is 266 g/mol. The van der Waals surface area contributed by atoms with E-state index >= 15 is 0 Å². The van der Waals surface area contributed by atoms with Crippen molar-refractivity contribution in [2.45, 2.75) is 52.4 Å². The Kier molecular flexibility index (Phi) is 9.75. The number of hydrogen-bond donors (Lipinski definition) is 1. The molecule has 1 N–H and O–H groups in total. The second-order valence-corrected chi connectivity index (χ2v) is 4.80. The first kappa shape index (κ1) is 16.9. The number of halogens is 2. The third kappa shape index (κ3) is 5.82. The van der Waals surface area contributed by atoms with E-state index in [4.69, 9.17) is 0 Å². The zero-order valence-electron chi connectivity index (χ0n) is 11.3. The molecule has 1 atom stereocenters. The lowest BCUT2D eigenvalue weighted by Crippen LogP contribution is -3.13. The van der Waals surface area contributed by atoms with Crippen LogP contribution in [0.2, 0.25) is 0 Å². The Labute approximate surface area is 111 Å². The molecule has 1 aliphatic rings. The van der Waals surface area contributed by atoms with Crippen molar-refractivity contribution in [2.75, 3.05) is 26.2 Å². The summed E-state index contributed by atoms with van der Waals surface area (Å²) >= 11 is 0. The molecule has 17 heavy (non-hydrogen) atoms. The highest BCUT2D eigenvalue weighted by Gasteiger charge is 2.34. The molecular formula is C13H27ClFN2+. The van der Waals surface area contributed by atoms with Crippen molar-refractivity contribution in [1.82, 2.24) is 0 Å². The Hall–Kier alpha value is -0.150. The Balaban J connectivity index is 0.00000256. The number of nitrogens with one attached hydrogen (secondary N) is 1. The Morgan fingerprint density at radius 3 is 2.41 bits per heavy atom. The molecule has 1 aliphatic heterocycles. The number of rotatable bonds is 8. The molecule has 1 heterocycles. The number of hydrogen-bond acceptors (Lipinski definition) is 0. The summed E-state index contributed by atoms with van der Waals surface area (Å²) in [6.07, 6.45) is 7.26. The fraction of sp³-hybridized carbons (Fsp3) is 0.923. The van der Waals surface area contributed by atoms with Crippen LogP contribution < -0.4 is 17.3 Å². The van der Waals surface area contributed by atoms with Gasteiger partial charge in [-0.1, -0.05) is 31.1 Å². The molecule has 0 aromatic carbocycles. The van der Waals surface area contributed by atoms with E-state index in [1.807, 2.05) is 4.58 Å². The molecule has 0 aliphatic carbocycles. The fourth-order valence-corrected chi connectivity index (χ4v) is 2.27. The van der Waals surface area contributed by atoms with E-state index in [2.05, 4.69) is 13.8 Å². The third-order valence-corrected chi connectivity index (χ3v) is 3.37. The molecule has 0 aromatic heterocycles. The molecule has 0 aromatic rings. The standard InChI is InChI=1S/C13H26FN2.ClH/c1-3-5-7-9-15-11-12-16(13(15)14)10-8-6-4-2;/h3-12H2,1-2H3;1H/q+1;. The lowest BCUT2D eigenvalue weighted by Gasteiger charge is -2.04. The Morgan fingerprint density at radius 1 is 1.12 bits per heavy atom. The number of unbranched alkanes of at least 4 members (excludes halogenated alkanes) is 4. The monoisotopic (exact) mass is 265 g/mol. The highest BCUT2D eigenvalue weighted by molar-refractivity contribution is 5.57. The van der Waals surface area contributed by atoms with Crippen LogP contribution in [0.3, 0.4) is 0 Å². The number of nitrogens with zero attached hydrogens (tertiary/aromatic N) is 1. The van der Waals surface area contributed by atoms with Gasteiger partial charge in [0.15, 0.2) is 13.1 Å². The maximum absolute atomic E-state index is 13.9. The van der Waals surface area contributed by atoms with E-state index in [1.165, 1.54) is 25.7 Å². The molecule has 1 rings (SSSR count). The van der Waals surface area contributed by atoms with Crippen molar-refractivity contribution in [3.63, 3.8) is 0 Å². The molecule has 4 heteroatoms. The molecule has 0 spiro atoms. The summed E-state index contributed by atoms with van der Waals surface area (Å²) in [5.41, 5.74) is 0. The predicted octanol–water partition coefficient (Wildman–Crippen LogP) is -1.39. The molecule has 0 bridgehead atoms. The van der Waals surface area contributed by atoms with Gasteiger partial charge in [0, 0.05) is 6.42 Å². The maximum Gasteiger partial charge on any atom is 0.535 e. The minimum absolute atomic E-state index is 0. The molecular weight excluding hydrogens is 239 g/mol. The highest BCUT2D eigenvalue weighted by atomic mass is 35.5. The van der Waals surface area contributed by atoms with Crippen LogP contribution in [0.15, 0.2) is 0 Å². The van der Waals surface area contributed by atoms with Gasteiger partial charge >= 0.3 is 6.09 Å². The van der Waals surface area contributed by atoms with Gasteiger partial charge < -0.3 is 12.4 Å². The molecule has 0 saturated carbocycles. The number of amidine groups is 1. The normalized spacial score (nSPS) is 19.6. The highest BCUT2D eigenvalue weighted by Crippen LogP contribution is 1.96. The lowest BCUT2D eigenvalue weighted by atomic mass is 10.2. The smallest absolute Gasteiger partial charge is 0.535 e. The van der Waals surface area contributed by atoms with E-state index in [-0.39, 0.29) is 18.5 Å². The minimum atomic E-state index is 0. The van der Waals surface area contributed by atoms with Crippen molar-refractivity contribution in [3.8, 4) is 0 Å². The zero-order chi connectivity index (χ0) is 11.8. The van der Waals surface area contributed by atoms with Crippen molar-refractivity contribution >= 4 is 6.09 Å². The fourth-order valence-electron chi connectivity index (χ4n) is 2.27. The van der Waals surface area contributed by atoms with Crippen molar-refractivity contribution in [2.24, 2.45) is 0 Å². The minimum Gasteiger partial charge on any atom is -1.00 e. The largest absolute Gasteiger partial charge is 1.00 e.